The van der Waals surface area contributed by atoms with Crippen LogP contribution in [-0.4, -0.2) is 18.1 Å². The van der Waals surface area contributed by atoms with Crippen LogP contribution >= 0.6 is 34.2 Å². The largest absolute Gasteiger partial charge is 0.245 e. The Kier molecular flexibility index (Phi) is 3.55. The van der Waals surface area contributed by atoms with E-state index in [-0.39, 0.29) is 0 Å². The van der Waals surface area contributed by atoms with Crippen LogP contribution in [0.3, 0.4) is 0 Å². The number of fused-ring (bicyclic) bond motifs is 1. The minimum Gasteiger partial charge on any atom is -0.245 e. The van der Waals surface area contributed by atoms with Crippen molar-refractivity contribution >= 4 is 56.2 Å². The summed E-state index contributed by atoms with van der Waals surface area (Å²) < 4.78 is 15.0. The molecular formula is C12H7ClIN3OS. The summed E-state index contributed by atoms with van der Waals surface area (Å²) in [5.74, 6) is 0. The maximum absolute atomic E-state index is 12.6. The first kappa shape index (κ1) is 13.0. The van der Waals surface area contributed by atoms with Crippen molar-refractivity contribution in [3.63, 3.8) is 0 Å². The molecule has 2 aromatic heterocycles. The molecule has 2 heterocycles. The zero-order valence-electron chi connectivity index (χ0n) is 9.46. The third-order valence-electron chi connectivity index (χ3n) is 2.58. The van der Waals surface area contributed by atoms with Crippen LogP contribution < -0.4 is 0 Å². The minimum absolute atomic E-state index is 0.373. The zero-order chi connectivity index (χ0) is 13.4. The highest BCUT2D eigenvalue weighted by atomic mass is 127. The Hall–Kier alpha value is -0.990. The average Bonchev–Trinajstić information content (AvgIpc) is 2.78. The second-order valence-electron chi connectivity index (χ2n) is 3.73. The van der Waals surface area contributed by atoms with E-state index >= 15 is 0 Å². The van der Waals surface area contributed by atoms with Gasteiger partial charge in [0, 0.05) is 9.77 Å². The fourth-order valence-corrected chi connectivity index (χ4v) is 4.20. The van der Waals surface area contributed by atoms with Gasteiger partial charge >= 0.3 is 0 Å². The van der Waals surface area contributed by atoms with Gasteiger partial charge < -0.3 is 0 Å². The van der Waals surface area contributed by atoms with Gasteiger partial charge in [-0.05, 0) is 34.7 Å². The van der Waals surface area contributed by atoms with Crippen LogP contribution in [0.4, 0.5) is 0 Å². The van der Waals surface area contributed by atoms with Crippen LogP contribution in [0.2, 0.25) is 5.15 Å². The molecule has 0 bridgehead atoms. The Morgan fingerprint density at radius 1 is 1.21 bits per heavy atom. The Bertz CT molecular complexity index is 775. The van der Waals surface area contributed by atoms with E-state index in [1.807, 2.05) is 30.3 Å². The van der Waals surface area contributed by atoms with Gasteiger partial charge in [-0.15, -0.1) is 0 Å². The summed E-state index contributed by atoms with van der Waals surface area (Å²) in [4.78, 5) is 8.84. The van der Waals surface area contributed by atoms with Crippen molar-refractivity contribution in [2.75, 3.05) is 0 Å². The van der Waals surface area contributed by atoms with Crippen molar-refractivity contribution in [2.24, 2.45) is 0 Å². The number of nitrogens with zero attached hydrogens (tertiary/aromatic N) is 3. The summed E-state index contributed by atoms with van der Waals surface area (Å²) in [5.41, 5.74) is 0.576. The van der Waals surface area contributed by atoms with E-state index in [0.29, 0.717) is 15.7 Å². The number of hydrogen-bond donors (Lipinski definition) is 0. The molecule has 3 rings (SSSR count). The molecule has 1 aromatic carbocycles. The van der Waals surface area contributed by atoms with Crippen LogP contribution in [-0.2, 0) is 11.0 Å². The lowest BCUT2D eigenvalue weighted by molar-refractivity contribution is 0.678. The molecule has 0 radical (unpaired) electrons. The van der Waals surface area contributed by atoms with Gasteiger partial charge in [0.25, 0.3) is 0 Å². The van der Waals surface area contributed by atoms with E-state index in [0.717, 1.165) is 8.96 Å². The molecule has 3 aromatic rings. The third-order valence-corrected chi connectivity index (χ3v) is 5.00. The molecule has 4 nitrogen and oxygen atoms in total. The molecule has 7 heteroatoms. The van der Waals surface area contributed by atoms with Crippen LogP contribution in [0, 0.1) is 3.57 Å². The summed E-state index contributed by atoms with van der Waals surface area (Å²) in [5, 5.41) is 1.10. The first-order valence-electron chi connectivity index (χ1n) is 5.33. The van der Waals surface area contributed by atoms with Gasteiger partial charge in [-0.1, -0.05) is 29.8 Å². The molecular weight excluding hydrogens is 397 g/mol. The second-order valence-corrected chi connectivity index (χ2v) is 6.61. The van der Waals surface area contributed by atoms with E-state index < -0.39 is 11.0 Å². The zero-order valence-corrected chi connectivity index (χ0v) is 13.2. The molecule has 96 valence electrons. The summed E-state index contributed by atoms with van der Waals surface area (Å²) in [6.07, 6.45) is 3.15. The highest BCUT2D eigenvalue weighted by molar-refractivity contribution is 14.1. The van der Waals surface area contributed by atoms with Crippen molar-refractivity contribution < 1.29 is 4.21 Å². The number of aromatic nitrogens is 3. The van der Waals surface area contributed by atoms with E-state index in [2.05, 4.69) is 32.6 Å². The molecule has 0 saturated heterocycles. The van der Waals surface area contributed by atoms with E-state index in [9.17, 15) is 4.21 Å². The van der Waals surface area contributed by atoms with Gasteiger partial charge in [-0.3, -0.25) is 0 Å². The topological polar surface area (TPSA) is 47.8 Å². The van der Waals surface area contributed by atoms with E-state index in [1.54, 1.807) is 10.2 Å². The fourth-order valence-electron chi connectivity index (χ4n) is 1.73. The average molecular weight is 404 g/mol. The first-order chi connectivity index (χ1) is 9.18. The standard InChI is InChI=1S/C12H7ClIN3OS/c13-11-10-9(14)6-17(12(10)16-7-15-11)19(18)8-4-2-1-3-5-8/h1-7H. The fraction of sp³-hybridized carbons (Fsp3) is 0. The SMILES string of the molecule is O=S(c1ccccc1)n1cc(I)c2c(Cl)ncnc21. The highest BCUT2D eigenvalue weighted by Crippen LogP contribution is 2.28. The molecule has 0 aliphatic heterocycles. The third kappa shape index (κ3) is 2.28. The normalized spacial score (nSPS) is 12.7. The quantitative estimate of drug-likeness (QED) is 0.487. The van der Waals surface area contributed by atoms with Crippen molar-refractivity contribution in [2.45, 2.75) is 4.90 Å². The molecule has 1 atom stereocenters. The number of halogens is 2. The maximum atomic E-state index is 12.6. The van der Waals surface area contributed by atoms with Crippen LogP contribution in [0.5, 0.6) is 0 Å². The smallest absolute Gasteiger partial charge is 0.158 e. The summed E-state index contributed by atoms with van der Waals surface area (Å²) in [7, 11) is -1.35. The molecule has 0 aliphatic rings. The van der Waals surface area contributed by atoms with E-state index in [4.69, 9.17) is 11.6 Å². The Morgan fingerprint density at radius 2 is 1.95 bits per heavy atom. The van der Waals surface area contributed by atoms with Gasteiger partial charge in [-0.2, -0.15) is 0 Å². The number of benzene rings is 1. The lowest BCUT2D eigenvalue weighted by Crippen LogP contribution is -2.04. The van der Waals surface area contributed by atoms with Crippen LogP contribution in [0.1, 0.15) is 0 Å². The highest BCUT2D eigenvalue weighted by Gasteiger charge is 2.16. The van der Waals surface area contributed by atoms with Gasteiger partial charge in [0.1, 0.15) is 11.5 Å². The molecule has 19 heavy (non-hydrogen) atoms. The summed E-state index contributed by atoms with van der Waals surface area (Å²) >= 11 is 8.20. The van der Waals surface area contributed by atoms with Crippen LogP contribution in [0.15, 0.2) is 47.8 Å². The van der Waals surface area contributed by atoms with Gasteiger partial charge in [0.15, 0.2) is 16.6 Å². The Morgan fingerprint density at radius 3 is 2.68 bits per heavy atom. The van der Waals surface area contributed by atoms with Gasteiger partial charge in [0.05, 0.1) is 10.3 Å². The predicted octanol–water partition coefficient (Wildman–Crippen LogP) is 3.26. The molecule has 0 N–H and O–H groups in total. The number of hydrogen-bond acceptors (Lipinski definition) is 3. The molecule has 0 saturated carbocycles. The predicted molar refractivity (Wildman–Crippen MR) is 83.5 cm³/mol. The Balaban J connectivity index is 2.22. The van der Waals surface area contributed by atoms with Crippen LogP contribution in [0.25, 0.3) is 11.0 Å². The number of rotatable bonds is 2. The summed E-state index contributed by atoms with van der Waals surface area (Å²) in [6.45, 7) is 0. The van der Waals surface area contributed by atoms with Crippen molar-refractivity contribution in [3.05, 3.63) is 51.6 Å². The molecule has 0 amide bonds. The second kappa shape index (κ2) is 5.18. The monoisotopic (exact) mass is 403 g/mol. The minimum atomic E-state index is -1.35. The van der Waals surface area contributed by atoms with E-state index in [1.165, 1.54) is 6.33 Å². The van der Waals surface area contributed by atoms with Crippen molar-refractivity contribution in [1.29, 1.82) is 0 Å². The summed E-state index contributed by atoms with van der Waals surface area (Å²) in [6, 6.07) is 9.23. The lowest BCUT2D eigenvalue weighted by atomic mass is 10.4. The van der Waals surface area contributed by atoms with Gasteiger partial charge in [0.2, 0.25) is 0 Å². The first-order valence-corrected chi connectivity index (χ1v) is 7.89. The molecule has 0 aliphatic carbocycles. The Labute approximate surface area is 130 Å². The molecule has 1 unspecified atom stereocenters. The maximum Gasteiger partial charge on any atom is 0.158 e. The lowest BCUT2D eigenvalue weighted by Gasteiger charge is -2.03. The molecule has 0 fully saturated rings. The molecule has 0 spiro atoms. The van der Waals surface area contributed by atoms with Gasteiger partial charge in [-0.25, -0.2) is 18.1 Å². The van der Waals surface area contributed by atoms with Crippen molar-refractivity contribution in [3.8, 4) is 0 Å². The van der Waals surface area contributed by atoms with Crippen molar-refractivity contribution in [1.82, 2.24) is 13.9 Å².